The summed E-state index contributed by atoms with van der Waals surface area (Å²) in [6, 6.07) is 12.2. The molecule has 19 heavy (non-hydrogen) atoms. The van der Waals surface area contributed by atoms with Gasteiger partial charge in [0.2, 0.25) is 0 Å². The molecule has 0 unspecified atom stereocenters. The molecule has 0 amide bonds. The van der Waals surface area contributed by atoms with E-state index in [1.807, 2.05) is 41.3 Å². The van der Waals surface area contributed by atoms with Crippen LogP contribution in [0.2, 0.25) is 0 Å². The number of fused-ring (bicyclic) bond motifs is 1. The van der Waals surface area contributed by atoms with Crippen molar-refractivity contribution in [2.45, 2.75) is 19.9 Å². The third-order valence-electron chi connectivity index (χ3n) is 3.07. The van der Waals surface area contributed by atoms with Crippen LogP contribution in [0.15, 0.2) is 48.8 Å². The molecule has 4 nitrogen and oxygen atoms in total. The van der Waals surface area contributed by atoms with Crippen molar-refractivity contribution in [3.63, 3.8) is 0 Å². The maximum absolute atomic E-state index is 4.43. The van der Waals surface area contributed by atoms with Gasteiger partial charge in [-0.3, -0.25) is 0 Å². The summed E-state index contributed by atoms with van der Waals surface area (Å²) < 4.78 is 1.96. The molecule has 0 aliphatic heterocycles. The summed E-state index contributed by atoms with van der Waals surface area (Å²) in [5, 5.41) is 9.98. The van der Waals surface area contributed by atoms with Crippen LogP contribution in [0.3, 0.4) is 0 Å². The number of aryl methyl sites for hydroxylation is 1. The van der Waals surface area contributed by atoms with Gasteiger partial charge >= 0.3 is 0 Å². The van der Waals surface area contributed by atoms with Crippen LogP contribution < -0.4 is 5.32 Å². The van der Waals surface area contributed by atoms with Gasteiger partial charge in [-0.25, -0.2) is 9.67 Å². The number of rotatable bonds is 4. The Labute approximate surface area is 112 Å². The Morgan fingerprint density at radius 1 is 1.11 bits per heavy atom. The van der Waals surface area contributed by atoms with Crippen LogP contribution in [0.4, 0.5) is 11.6 Å². The summed E-state index contributed by atoms with van der Waals surface area (Å²) >= 11 is 0. The second kappa shape index (κ2) is 5.10. The van der Waals surface area contributed by atoms with Crippen LogP contribution in [0, 0.1) is 0 Å². The predicted molar refractivity (Wildman–Crippen MR) is 77.5 cm³/mol. The average Bonchev–Trinajstić information content (AvgIpc) is 2.87. The van der Waals surface area contributed by atoms with E-state index in [0.717, 1.165) is 30.0 Å². The molecule has 4 heteroatoms. The van der Waals surface area contributed by atoms with Crippen molar-refractivity contribution >= 4 is 22.4 Å². The first-order valence-corrected chi connectivity index (χ1v) is 6.51. The zero-order valence-electron chi connectivity index (χ0n) is 10.9. The number of benzene rings is 1. The molecule has 0 fully saturated rings. The normalized spacial score (nSPS) is 10.8. The van der Waals surface area contributed by atoms with Crippen LogP contribution in [0.5, 0.6) is 0 Å². The van der Waals surface area contributed by atoms with Crippen LogP contribution >= 0.6 is 0 Å². The van der Waals surface area contributed by atoms with E-state index >= 15 is 0 Å². The summed E-state index contributed by atoms with van der Waals surface area (Å²) in [4.78, 5) is 4.43. The van der Waals surface area contributed by atoms with Gasteiger partial charge in [-0.05, 0) is 17.9 Å². The van der Waals surface area contributed by atoms with Gasteiger partial charge in [0.1, 0.15) is 11.6 Å². The molecule has 2 heterocycles. The summed E-state index contributed by atoms with van der Waals surface area (Å²) in [6.45, 7) is 3.04. The molecule has 0 spiro atoms. The number of hydrogen-bond acceptors (Lipinski definition) is 3. The molecule has 1 aromatic carbocycles. The predicted octanol–water partition coefficient (Wildman–Crippen LogP) is 3.58. The number of pyridine rings is 1. The SMILES string of the molecule is CCCn1nccc1Nc1nccc2ccccc12. The molecule has 96 valence electrons. The quantitative estimate of drug-likeness (QED) is 0.771. The number of aromatic nitrogens is 3. The first-order chi connectivity index (χ1) is 9.38. The second-order valence-corrected chi connectivity index (χ2v) is 4.45. The van der Waals surface area contributed by atoms with Gasteiger partial charge in [0.05, 0.1) is 6.20 Å². The fraction of sp³-hybridized carbons (Fsp3) is 0.200. The lowest BCUT2D eigenvalue weighted by atomic mass is 10.1. The van der Waals surface area contributed by atoms with Crippen molar-refractivity contribution in [1.29, 1.82) is 0 Å². The highest BCUT2D eigenvalue weighted by atomic mass is 15.3. The molecule has 0 bridgehead atoms. The summed E-state index contributed by atoms with van der Waals surface area (Å²) in [7, 11) is 0. The zero-order chi connectivity index (χ0) is 13.1. The maximum Gasteiger partial charge on any atom is 0.139 e. The van der Waals surface area contributed by atoms with Gasteiger partial charge < -0.3 is 5.32 Å². The van der Waals surface area contributed by atoms with Crippen molar-refractivity contribution in [2.75, 3.05) is 5.32 Å². The molecule has 0 saturated carbocycles. The topological polar surface area (TPSA) is 42.7 Å². The van der Waals surface area contributed by atoms with E-state index in [-0.39, 0.29) is 0 Å². The highest BCUT2D eigenvalue weighted by molar-refractivity contribution is 5.92. The summed E-state index contributed by atoms with van der Waals surface area (Å²) in [5.74, 6) is 1.85. The monoisotopic (exact) mass is 252 g/mol. The second-order valence-electron chi connectivity index (χ2n) is 4.45. The summed E-state index contributed by atoms with van der Waals surface area (Å²) in [5.41, 5.74) is 0. The van der Waals surface area contributed by atoms with Gasteiger partial charge in [0.15, 0.2) is 0 Å². The van der Waals surface area contributed by atoms with Gasteiger partial charge in [-0.1, -0.05) is 31.2 Å². The van der Waals surface area contributed by atoms with Crippen molar-refractivity contribution < 1.29 is 0 Å². The van der Waals surface area contributed by atoms with Gasteiger partial charge in [-0.15, -0.1) is 0 Å². The largest absolute Gasteiger partial charge is 0.325 e. The number of hydrogen-bond donors (Lipinski definition) is 1. The Hall–Kier alpha value is -2.36. The molecule has 3 aromatic rings. The lowest BCUT2D eigenvalue weighted by molar-refractivity contribution is 0.610. The van der Waals surface area contributed by atoms with Crippen LogP contribution in [-0.2, 0) is 6.54 Å². The van der Waals surface area contributed by atoms with Crippen molar-refractivity contribution in [2.24, 2.45) is 0 Å². The molecule has 0 aliphatic rings. The molecule has 2 aromatic heterocycles. The fourth-order valence-electron chi connectivity index (χ4n) is 2.17. The Kier molecular flexibility index (Phi) is 3.14. The van der Waals surface area contributed by atoms with E-state index in [1.54, 1.807) is 0 Å². The highest BCUT2D eigenvalue weighted by Gasteiger charge is 2.05. The van der Waals surface area contributed by atoms with Crippen molar-refractivity contribution in [3.8, 4) is 0 Å². The Morgan fingerprint density at radius 3 is 2.89 bits per heavy atom. The standard InChI is InChI=1S/C15H16N4/c1-2-11-19-14(8-10-17-19)18-15-13-6-4-3-5-12(13)7-9-16-15/h3-10H,2,11H2,1H3,(H,16,18). The first kappa shape index (κ1) is 11.7. The molecule has 0 radical (unpaired) electrons. The van der Waals surface area contributed by atoms with Crippen LogP contribution in [-0.4, -0.2) is 14.8 Å². The number of anilines is 2. The van der Waals surface area contributed by atoms with E-state index in [2.05, 4.69) is 34.5 Å². The van der Waals surface area contributed by atoms with Crippen molar-refractivity contribution in [1.82, 2.24) is 14.8 Å². The zero-order valence-corrected chi connectivity index (χ0v) is 10.9. The minimum absolute atomic E-state index is 0.871. The van der Waals surface area contributed by atoms with E-state index in [9.17, 15) is 0 Å². The number of nitrogens with one attached hydrogen (secondary N) is 1. The molecule has 0 aliphatic carbocycles. The smallest absolute Gasteiger partial charge is 0.139 e. The highest BCUT2D eigenvalue weighted by Crippen LogP contribution is 2.23. The third-order valence-corrected chi connectivity index (χ3v) is 3.07. The minimum atomic E-state index is 0.871. The average molecular weight is 252 g/mol. The maximum atomic E-state index is 4.43. The first-order valence-electron chi connectivity index (χ1n) is 6.51. The third kappa shape index (κ3) is 2.29. The Bertz CT molecular complexity index is 682. The molecule has 0 saturated heterocycles. The molecule has 1 N–H and O–H groups in total. The van der Waals surface area contributed by atoms with Gasteiger partial charge in [0.25, 0.3) is 0 Å². The van der Waals surface area contributed by atoms with Crippen LogP contribution in [0.1, 0.15) is 13.3 Å². The molecular formula is C15H16N4. The Morgan fingerprint density at radius 2 is 2.00 bits per heavy atom. The lowest BCUT2D eigenvalue weighted by Crippen LogP contribution is -2.05. The molecule has 3 rings (SSSR count). The van der Waals surface area contributed by atoms with E-state index < -0.39 is 0 Å². The summed E-state index contributed by atoms with van der Waals surface area (Å²) in [6.07, 6.45) is 4.69. The lowest BCUT2D eigenvalue weighted by Gasteiger charge is -2.10. The Balaban J connectivity index is 1.99. The van der Waals surface area contributed by atoms with Gasteiger partial charge in [0, 0.05) is 24.2 Å². The van der Waals surface area contributed by atoms with E-state index in [0.29, 0.717) is 0 Å². The van der Waals surface area contributed by atoms with Crippen LogP contribution in [0.25, 0.3) is 10.8 Å². The molecule has 0 atom stereocenters. The van der Waals surface area contributed by atoms with E-state index in [1.165, 1.54) is 5.39 Å². The van der Waals surface area contributed by atoms with Gasteiger partial charge in [-0.2, -0.15) is 5.10 Å². The number of nitrogens with zero attached hydrogens (tertiary/aromatic N) is 3. The fourth-order valence-corrected chi connectivity index (χ4v) is 2.17. The molecular weight excluding hydrogens is 236 g/mol. The van der Waals surface area contributed by atoms with Crippen molar-refractivity contribution in [3.05, 3.63) is 48.8 Å². The minimum Gasteiger partial charge on any atom is -0.325 e. The van der Waals surface area contributed by atoms with E-state index in [4.69, 9.17) is 0 Å².